The van der Waals surface area contributed by atoms with Crippen molar-refractivity contribution < 1.29 is 27.1 Å². The van der Waals surface area contributed by atoms with Crippen LogP contribution in [0.3, 0.4) is 0 Å². The number of halogens is 4. The average Bonchev–Trinajstić information content (AvgIpc) is 3.01. The number of aryl methyl sites for hydroxylation is 2. The third-order valence-electron chi connectivity index (χ3n) is 3.77. The van der Waals surface area contributed by atoms with Gasteiger partial charge in [-0.15, -0.1) is 12.4 Å². The molecule has 0 unspecified atom stereocenters. The lowest BCUT2D eigenvalue weighted by molar-refractivity contribution is -0.153. The highest BCUT2D eigenvalue weighted by molar-refractivity contribution is 5.93. The summed E-state index contributed by atoms with van der Waals surface area (Å²) in [6, 6.07) is 5.01. The van der Waals surface area contributed by atoms with Crippen molar-refractivity contribution in [2.24, 2.45) is 5.73 Å². The van der Waals surface area contributed by atoms with E-state index in [1.807, 2.05) is 0 Å². The number of nitrogens with zero attached hydrogens (tertiary/aromatic N) is 1. The number of hydrogen-bond acceptors (Lipinski definition) is 4. The number of nitrogens with two attached hydrogens (primary N) is 1. The molecule has 0 saturated heterocycles. The fourth-order valence-corrected chi connectivity index (χ4v) is 2.68. The third-order valence-corrected chi connectivity index (χ3v) is 3.77. The molecule has 0 aliphatic heterocycles. The minimum atomic E-state index is -4.39. The van der Waals surface area contributed by atoms with E-state index in [1.54, 1.807) is 39.1 Å². The minimum absolute atomic E-state index is 0. The minimum Gasteiger partial charge on any atom is -0.484 e. The molecule has 27 heavy (non-hydrogen) atoms. The zero-order chi connectivity index (χ0) is 19.5. The topological polar surface area (TPSA) is 68.7 Å². The summed E-state index contributed by atoms with van der Waals surface area (Å²) in [7, 11) is 1.64. The van der Waals surface area contributed by atoms with Crippen molar-refractivity contribution in [1.29, 1.82) is 0 Å². The second-order valence-corrected chi connectivity index (χ2v) is 6.13. The van der Waals surface area contributed by atoms with E-state index in [9.17, 15) is 18.0 Å². The normalized spacial score (nSPS) is 11.1. The maximum absolute atomic E-state index is 12.4. The van der Waals surface area contributed by atoms with Crippen LogP contribution in [0.4, 0.5) is 13.2 Å². The Kier molecular flexibility index (Phi) is 7.74. The van der Waals surface area contributed by atoms with E-state index in [1.165, 1.54) is 11.2 Å². The van der Waals surface area contributed by atoms with Crippen LogP contribution >= 0.6 is 12.4 Å². The monoisotopic (exact) mass is 406 g/mol. The van der Waals surface area contributed by atoms with E-state index in [4.69, 9.17) is 14.9 Å². The van der Waals surface area contributed by atoms with Crippen LogP contribution in [0.1, 0.15) is 32.8 Å². The fourth-order valence-electron chi connectivity index (χ4n) is 2.68. The summed E-state index contributed by atoms with van der Waals surface area (Å²) in [5, 5.41) is 0. The summed E-state index contributed by atoms with van der Waals surface area (Å²) >= 11 is 0. The van der Waals surface area contributed by atoms with Gasteiger partial charge in [-0.25, -0.2) is 0 Å². The molecule has 0 bridgehead atoms. The number of furan rings is 1. The van der Waals surface area contributed by atoms with E-state index in [0.29, 0.717) is 29.0 Å². The molecule has 2 rings (SSSR count). The van der Waals surface area contributed by atoms with Gasteiger partial charge in [0.2, 0.25) is 0 Å². The average molecular weight is 407 g/mol. The molecule has 0 saturated carbocycles. The maximum Gasteiger partial charge on any atom is 0.422 e. The van der Waals surface area contributed by atoms with Crippen LogP contribution in [-0.4, -0.2) is 30.6 Å². The largest absolute Gasteiger partial charge is 0.484 e. The lowest BCUT2D eigenvalue weighted by Crippen LogP contribution is -2.26. The number of hydrogen-bond donors (Lipinski definition) is 1. The second-order valence-electron chi connectivity index (χ2n) is 6.13. The summed E-state index contributed by atoms with van der Waals surface area (Å²) in [5.41, 5.74) is 7.81. The quantitative estimate of drug-likeness (QED) is 0.787. The molecule has 0 atom stereocenters. The first-order valence-corrected chi connectivity index (χ1v) is 7.93. The van der Waals surface area contributed by atoms with Gasteiger partial charge in [0.05, 0.1) is 12.1 Å². The first kappa shape index (κ1) is 22.9. The summed E-state index contributed by atoms with van der Waals surface area (Å²) in [6.07, 6.45) is -3.04. The van der Waals surface area contributed by atoms with Crippen LogP contribution in [0, 0.1) is 13.8 Å². The maximum atomic E-state index is 12.4. The number of carbonyl (C=O) groups excluding carboxylic acids is 1. The lowest BCUT2D eigenvalue weighted by Gasteiger charge is -2.19. The van der Waals surface area contributed by atoms with Gasteiger partial charge in [-0.2, -0.15) is 13.2 Å². The first-order valence-electron chi connectivity index (χ1n) is 7.93. The molecular formula is C18H22ClF3N2O3. The molecule has 2 N–H and O–H groups in total. The molecule has 9 heteroatoms. The summed E-state index contributed by atoms with van der Waals surface area (Å²) in [6.45, 7) is 2.51. The Hall–Kier alpha value is -2.19. The van der Waals surface area contributed by atoms with Gasteiger partial charge in [0.25, 0.3) is 5.91 Å². The molecule has 0 aliphatic rings. The van der Waals surface area contributed by atoms with Gasteiger partial charge in [-0.05, 0) is 36.6 Å². The summed E-state index contributed by atoms with van der Waals surface area (Å²) in [5.74, 6) is 0.489. The molecule has 150 valence electrons. The van der Waals surface area contributed by atoms with E-state index in [0.717, 1.165) is 5.56 Å². The second kappa shape index (κ2) is 9.14. The Balaban J connectivity index is 0.00000364. The highest BCUT2D eigenvalue weighted by Gasteiger charge is 2.29. The van der Waals surface area contributed by atoms with E-state index >= 15 is 0 Å². The third kappa shape index (κ3) is 6.18. The van der Waals surface area contributed by atoms with Crippen LogP contribution < -0.4 is 10.5 Å². The molecular weight excluding hydrogens is 385 g/mol. The van der Waals surface area contributed by atoms with Gasteiger partial charge < -0.3 is 19.8 Å². The van der Waals surface area contributed by atoms with Crippen LogP contribution in [0.15, 0.2) is 28.9 Å². The zero-order valence-electron chi connectivity index (χ0n) is 15.2. The Bertz CT molecular complexity index is 767. The number of rotatable bonds is 6. The number of amides is 1. The van der Waals surface area contributed by atoms with Crippen LogP contribution in [-0.2, 0) is 13.1 Å². The number of alkyl halides is 3. The van der Waals surface area contributed by atoms with Crippen LogP contribution in [0.25, 0.3) is 0 Å². The standard InChI is InChI=1S/C18H21F3N2O3.ClH/c1-11-4-13(5-12(2)16(11)26-10-18(19,20)21)8-23(3)17(24)14-6-15(7-22)25-9-14;/h4-6,9H,7-8,10,22H2,1-3H3;1H. The lowest BCUT2D eigenvalue weighted by atomic mass is 10.1. The van der Waals surface area contributed by atoms with Crippen LogP contribution in [0.5, 0.6) is 5.75 Å². The van der Waals surface area contributed by atoms with Gasteiger partial charge in [-0.3, -0.25) is 4.79 Å². The molecule has 2 aromatic rings. The van der Waals surface area contributed by atoms with Crippen LogP contribution in [0.2, 0.25) is 0 Å². The highest BCUT2D eigenvalue weighted by Crippen LogP contribution is 2.27. The van der Waals surface area contributed by atoms with Gasteiger partial charge in [0.15, 0.2) is 6.61 Å². The first-order chi connectivity index (χ1) is 12.1. The highest BCUT2D eigenvalue weighted by atomic mass is 35.5. The van der Waals surface area contributed by atoms with Gasteiger partial charge in [0, 0.05) is 13.6 Å². The number of ether oxygens (including phenoxy) is 1. The summed E-state index contributed by atoms with van der Waals surface area (Å²) in [4.78, 5) is 13.9. The molecule has 0 fully saturated rings. The zero-order valence-corrected chi connectivity index (χ0v) is 16.0. The Labute approximate surface area is 161 Å². The summed E-state index contributed by atoms with van der Waals surface area (Å²) < 4.78 is 47.1. The number of carbonyl (C=O) groups is 1. The van der Waals surface area contributed by atoms with Crippen molar-refractivity contribution in [1.82, 2.24) is 4.90 Å². The van der Waals surface area contributed by atoms with Gasteiger partial charge in [-0.1, -0.05) is 12.1 Å². The van der Waals surface area contributed by atoms with Crippen molar-refractivity contribution in [3.05, 3.63) is 52.5 Å². The predicted molar refractivity (Wildman–Crippen MR) is 97.1 cm³/mol. The SMILES string of the molecule is Cc1cc(CN(C)C(=O)c2coc(CN)c2)cc(C)c1OCC(F)(F)F.Cl. The van der Waals surface area contributed by atoms with E-state index in [-0.39, 0.29) is 30.6 Å². The van der Waals surface area contributed by atoms with E-state index < -0.39 is 12.8 Å². The predicted octanol–water partition coefficient (Wildman–Crippen LogP) is 3.99. The molecule has 0 aliphatic carbocycles. The number of benzene rings is 1. The van der Waals surface area contributed by atoms with E-state index in [2.05, 4.69) is 0 Å². The van der Waals surface area contributed by atoms with Crippen molar-refractivity contribution in [3.63, 3.8) is 0 Å². The van der Waals surface area contributed by atoms with Gasteiger partial charge in [0.1, 0.15) is 17.8 Å². The van der Waals surface area contributed by atoms with Gasteiger partial charge >= 0.3 is 6.18 Å². The Morgan fingerprint density at radius 2 is 1.81 bits per heavy atom. The molecule has 1 aromatic heterocycles. The smallest absolute Gasteiger partial charge is 0.422 e. The molecule has 5 nitrogen and oxygen atoms in total. The van der Waals surface area contributed by atoms with Crippen molar-refractivity contribution in [2.45, 2.75) is 33.1 Å². The molecule has 1 aromatic carbocycles. The van der Waals surface area contributed by atoms with Crippen molar-refractivity contribution >= 4 is 18.3 Å². The Morgan fingerprint density at radius 3 is 2.30 bits per heavy atom. The molecule has 1 heterocycles. The molecule has 0 radical (unpaired) electrons. The molecule has 0 spiro atoms. The molecule has 1 amide bonds. The fraction of sp³-hybridized carbons (Fsp3) is 0.389. The van der Waals surface area contributed by atoms with Crippen molar-refractivity contribution in [3.8, 4) is 5.75 Å². The van der Waals surface area contributed by atoms with Crippen molar-refractivity contribution in [2.75, 3.05) is 13.7 Å². The Morgan fingerprint density at radius 1 is 1.22 bits per heavy atom.